The predicted octanol–water partition coefficient (Wildman–Crippen LogP) is 1.16. The minimum absolute atomic E-state index is 0.112. The van der Waals surface area contributed by atoms with Gasteiger partial charge < -0.3 is 4.57 Å². The number of aryl methyl sites for hydroxylation is 1. The van der Waals surface area contributed by atoms with Crippen LogP contribution in [0.3, 0.4) is 0 Å². The molecule has 0 aromatic carbocycles. The first-order chi connectivity index (χ1) is 6.27. The summed E-state index contributed by atoms with van der Waals surface area (Å²) in [6.07, 6.45) is 6.72. The van der Waals surface area contributed by atoms with E-state index in [1.807, 2.05) is 13.2 Å². The summed E-state index contributed by atoms with van der Waals surface area (Å²) in [4.78, 5) is 15.5. The molecule has 13 heavy (non-hydrogen) atoms. The Bertz CT molecular complexity index is 314. The van der Waals surface area contributed by atoms with E-state index < -0.39 is 0 Å². The zero-order valence-corrected chi connectivity index (χ0v) is 7.66. The Balaban J connectivity index is 1.97. The molecule has 0 unspecified atom stereocenters. The van der Waals surface area contributed by atoms with Gasteiger partial charge in [0.25, 0.3) is 0 Å². The molecule has 0 aliphatic heterocycles. The van der Waals surface area contributed by atoms with Crippen molar-refractivity contribution in [1.82, 2.24) is 9.55 Å². The second-order valence-electron chi connectivity index (χ2n) is 3.48. The van der Waals surface area contributed by atoms with Crippen LogP contribution in [-0.2, 0) is 11.8 Å². The molecule has 1 aliphatic rings. The van der Waals surface area contributed by atoms with Gasteiger partial charge in [-0.3, -0.25) is 10.1 Å². The number of rotatable bonds is 2. The van der Waals surface area contributed by atoms with Crippen molar-refractivity contribution in [2.75, 3.05) is 5.32 Å². The molecule has 4 nitrogen and oxygen atoms in total. The minimum atomic E-state index is 0.112. The lowest BCUT2D eigenvalue weighted by molar-refractivity contribution is -0.122. The van der Waals surface area contributed by atoms with E-state index >= 15 is 0 Å². The van der Waals surface area contributed by atoms with Gasteiger partial charge in [0, 0.05) is 25.4 Å². The second-order valence-corrected chi connectivity index (χ2v) is 3.48. The van der Waals surface area contributed by atoms with E-state index in [1.165, 1.54) is 6.42 Å². The average molecular weight is 179 g/mol. The molecule has 1 heterocycles. The number of nitrogens with one attached hydrogen (secondary N) is 1. The number of anilines is 1. The molecule has 0 bridgehead atoms. The molecule has 1 fully saturated rings. The van der Waals surface area contributed by atoms with Crippen molar-refractivity contribution >= 4 is 11.9 Å². The van der Waals surface area contributed by atoms with Crippen molar-refractivity contribution in [3.05, 3.63) is 12.4 Å². The van der Waals surface area contributed by atoms with E-state index in [0.717, 1.165) is 12.8 Å². The molecule has 0 atom stereocenters. The molecule has 1 saturated carbocycles. The van der Waals surface area contributed by atoms with Crippen molar-refractivity contribution < 1.29 is 4.79 Å². The van der Waals surface area contributed by atoms with E-state index in [2.05, 4.69) is 10.3 Å². The van der Waals surface area contributed by atoms with Crippen LogP contribution < -0.4 is 5.32 Å². The largest absolute Gasteiger partial charge is 0.320 e. The summed E-state index contributed by atoms with van der Waals surface area (Å²) in [5.74, 6) is 0.967. The van der Waals surface area contributed by atoms with Gasteiger partial charge in [-0.1, -0.05) is 6.42 Å². The zero-order chi connectivity index (χ0) is 9.26. The van der Waals surface area contributed by atoms with Gasteiger partial charge in [-0.05, 0) is 12.8 Å². The molecule has 1 aromatic heterocycles. The average Bonchev–Trinajstić information content (AvgIpc) is 2.32. The Kier molecular flexibility index (Phi) is 2.04. The number of carbonyl (C=O) groups excluding carboxylic acids is 1. The van der Waals surface area contributed by atoms with Gasteiger partial charge in [0.1, 0.15) is 0 Å². The molecule has 0 radical (unpaired) electrons. The van der Waals surface area contributed by atoms with Gasteiger partial charge in [0.05, 0.1) is 0 Å². The number of amides is 1. The highest BCUT2D eigenvalue weighted by Gasteiger charge is 2.25. The van der Waals surface area contributed by atoms with Crippen molar-refractivity contribution in [3.63, 3.8) is 0 Å². The lowest BCUT2D eigenvalue weighted by atomic mass is 9.85. The fraction of sp³-hybridized carbons (Fsp3) is 0.556. The Morgan fingerprint density at radius 3 is 2.92 bits per heavy atom. The lowest BCUT2D eigenvalue weighted by Gasteiger charge is -2.23. The maximum atomic E-state index is 11.5. The van der Waals surface area contributed by atoms with E-state index in [4.69, 9.17) is 0 Å². The number of imidazole rings is 1. The van der Waals surface area contributed by atoms with Gasteiger partial charge >= 0.3 is 0 Å². The number of hydrogen-bond donors (Lipinski definition) is 1. The third kappa shape index (κ3) is 1.56. The summed E-state index contributed by atoms with van der Waals surface area (Å²) in [5.41, 5.74) is 0. The molecule has 0 saturated heterocycles. The minimum Gasteiger partial charge on any atom is -0.320 e. The van der Waals surface area contributed by atoms with Crippen LogP contribution in [0.2, 0.25) is 0 Å². The molecule has 1 aliphatic carbocycles. The van der Waals surface area contributed by atoms with E-state index in [9.17, 15) is 4.79 Å². The van der Waals surface area contributed by atoms with Crippen LogP contribution in [0.4, 0.5) is 5.95 Å². The fourth-order valence-electron chi connectivity index (χ4n) is 1.37. The van der Waals surface area contributed by atoms with Crippen LogP contribution in [0.15, 0.2) is 12.4 Å². The molecular formula is C9H13N3O. The first-order valence-electron chi connectivity index (χ1n) is 4.55. The molecule has 0 spiro atoms. The predicted molar refractivity (Wildman–Crippen MR) is 49.2 cm³/mol. The van der Waals surface area contributed by atoms with Gasteiger partial charge in [-0.2, -0.15) is 0 Å². The van der Waals surface area contributed by atoms with Crippen molar-refractivity contribution in [1.29, 1.82) is 0 Å². The van der Waals surface area contributed by atoms with Crippen LogP contribution >= 0.6 is 0 Å². The Morgan fingerprint density at radius 1 is 1.69 bits per heavy atom. The smallest absolute Gasteiger partial charge is 0.229 e. The topological polar surface area (TPSA) is 46.9 Å². The third-order valence-corrected chi connectivity index (χ3v) is 2.53. The van der Waals surface area contributed by atoms with Crippen molar-refractivity contribution in [2.45, 2.75) is 19.3 Å². The van der Waals surface area contributed by atoms with Crippen LogP contribution in [0, 0.1) is 5.92 Å². The molecule has 70 valence electrons. The first-order valence-corrected chi connectivity index (χ1v) is 4.55. The molecule has 1 amide bonds. The summed E-state index contributed by atoms with van der Waals surface area (Å²) >= 11 is 0. The maximum Gasteiger partial charge on any atom is 0.229 e. The highest BCUT2D eigenvalue weighted by atomic mass is 16.2. The lowest BCUT2D eigenvalue weighted by Crippen LogP contribution is -2.29. The van der Waals surface area contributed by atoms with Gasteiger partial charge in [-0.15, -0.1) is 0 Å². The van der Waals surface area contributed by atoms with E-state index in [1.54, 1.807) is 10.8 Å². The third-order valence-electron chi connectivity index (χ3n) is 2.53. The summed E-state index contributed by atoms with van der Waals surface area (Å²) in [7, 11) is 1.86. The Labute approximate surface area is 77.0 Å². The molecular weight excluding hydrogens is 166 g/mol. The zero-order valence-electron chi connectivity index (χ0n) is 7.66. The Hall–Kier alpha value is -1.32. The van der Waals surface area contributed by atoms with Gasteiger partial charge in [0.2, 0.25) is 11.9 Å². The highest BCUT2D eigenvalue weighted by molar-refractivity contribution is 5.91. The molecule has 4 heteroatoms. The summed E-state index contributed by atoms with van der Waals surface area (Å²) in [6, 6.07) is 0. The van der Waals surface area contributed by atoms with Gasteiger partial charge in [0.15, 0.2) is 0 Å². The van der Waals surface area contributed by atoms with E-state index in [-0.39, 0.29) is 11.8 Å². The SMILES string of the molecule is Cn1ccnc1NC(=O)C1CCC1. The van der Waals surface area contributed by atoms with Crippen molar-refractivity contribution in [2.24, 2.45) is 13.0 Å². The number of nitrogens with zero attached hydrogens (tertiary/aromatic N) is 2. The fourth-order valence-corrected chi connectivity index (χ4v) is 1.37. The molecule has 1 aromatic rings. The monoisotopic (exact) mass is 179 g/mol. The second kappa shape index (κ2) is 3.20. The summed E-state index contributed by atoms with van der Waals surface area (Å²) in [5, 5.41) is 2.81. The molecule has 2 rings (SSSR count). The van der Waals surface area contributed by atoms with Crippen LogP contribution in [0.25, 0.3) is 0 Å². The van der Waals surface area contributed by atoms with Gasteiger partial charge in [-0.25, -0.2) is 4.98 Å². The number of carbonyl (C=O) groups is 1. The first kappa shape index (κ1) is 8.29. The normalized spacial score (nSPS) is 16.7. The number of aromatic nitrogens is 2. The van der Waals surface area contributed by atoms with Crippen LogP contribution in [0.1, 0.15) is 19.3 Å². The molecule has 1 N–H and O–H groups in total. The van der Waals surface area contributed by atoms with Crippen LogP contribution in [0.5, 0.6) is 0 Å². The Morgan fingerprint density at radius 2 is 2.46 bits per heavy atom. The summed E-state index contributed by atoms with van der Waals surface area (Å²) < 4.78 is 1.80. The highest BCUT2D eigenvalue weighted by Crippen LogP contribution is 2.27. The summed E-state index contributed by atoms with van der Waals surface area (Å²) in [6.45, 7) is 0. The van der Waals surface area contributed by atoms with Crippen LogP contribution in [-0.4, -0.2) is 15.5 Å². The quantitative estimate of drug-likeness (QED) is 0.740. The van der Waals surface area contributed by atoms with E-state index in [0.29, 0.717) is 5.95 Å². The maximum absolute atomic E-state index is 11.5. The standard InChI is InChI=1S/C9H13N3O/c1-12-6-5-10-9(12)11-8(13)7-3-2-4-7/h5-7H,2-4H2,1H3,(H,10,11,13). The van der Waals surface area contributed by atoms with Crippen molar-refractivity contribution in [3.8, 4) is 0 Å². The number of hydrogen-bond acceptors (Lipinski definition) is 2.